The van der Waals surface area contributed by atoms with Crippen molar-refractivity contribution in [2.45, 2.75) is 12.6 Å². The van der Waals surface area contributed by atoms with Crippen LogP contribution in [0.15, 0.2) is 52.5 Å². The van der Waals surface area contributed by atoms with Gasteiger partial charge in [-0.15, -0.1) is 11.3 Å². The van der Waals surface area contributed by atoms with Crippen LogP contribution in [0, 0.1) is 0 Å². The number of rotatable bonds is 6. The van der Waals surface area contributed by atoms with E-state index in [-0.39, 0.29) is 6.04 Å². The van der Waals surface area contributed by atoms with E-state index in [0.717, 1.165) is 18.8 Å². The molecule has 1 aromatic carbocycles. The molecule has 0 aliphatic heterocycles. The van der Waals surface area contributed by atoms with Crippen molar-refractivity contribution in [3.05, 3.63) is 59.4 Å². The molecular weight excluding hydrogens is 280 g/mol. The number of nitrogens with zero attached hydrogens (tertiary/aromatic N) is 1. The van der Waals surface area contributed by atoms with Crippen LogP contribution in [-0.2, 0) is 6.54 Å². The summed E-state index contributed by atoms with van der Waals surface area (Å²) in [4.78, 5) is 2.18. The Balaban J connectivity index is 1.65. The first-order chi connectivity index (χ1) is 10.3. The first kappa shape index (κ1) is 14.3. The highest BCUT2D eigenvalue weighted by molar-refractivity contribution is 7.17. The Morgan fingerprint density at radius 3 is 2.81 bits per heavy atom. The van der Waals surface area contributed by atoms with E-state index in [0.29, 0.717) is 0 Å². The topological polar surface area (TPSA) is 28.4 Å². The van der Waals surface area contributed by atoms with Crippen LogP contribution in [0.25, 0.3) is 10.1 Å². The van der Waals surface area contributed by atoms with Gasteiger partial charge in [-0.25, -0.2) is 0 Å². The van der Waals surface area contributed by atoms with Crippen LogP contribution in [0.1, 0.15) is 17.4 Å². The lowest BCUT2D eigenvalue weighted by Crippen LogP contribution is -2.30. The van der Waals surface area contributed by atoms with Gasteiger partial charge in [0.05, 0.1) is 12.3 Å². The van der Waals surface area contributed by atoms with Gasteiger partial charge < -0.3 is 9.73 Å². The molecule has 2 heterocycles. The van der Waals surface area contributed by atoms with Crippen molar-refractivity contribution in [2.24, 2.45) is 0 Å². The van der Waals surface area contributed by atoms with E-state index in [1.807, 2.05) is 23.5 Å². The van der Waals surface area contributed by atoms with E-state index in [1.165, 1.54) is 15.6 Å². The summed E-state index contributed by atoms with van der Waals surface area (Å²) in [5.41, 5.74) is 1.37. The normalized spacial score (nSPS) is 13.1. The number of furan rings is 1. The fourth-order valence-corrected chi connectivity index (χ4v) is 3.49. The highest BCUT2D eigenvalue weighted by Crippen LogP contribution is 2.25. The van der Waals surface area contributed by atoms with E-state index >= 15 is 0 Å². The van der Waals surface area contributed by atoms with Gasteiger partial charge in [0.2, 0.25) is 0 Å². The van der Waals surface area contributed by atoms with Crippen LogP contribution in [0.3, 0.4) is 0 Å². The maximum Gasteiger partial charge on any atom is 0.122 e. The molecule has 0 aliphatic rings. The fourth-order valence-electron chi connectivity index (χ4n) is 2.53. The smallest absolute Gasteiger partial charge is 0.122 e. The third-order valence-corrected chi connectivity index (χ3v) is 4.72. The number of fused-ring (bicyclic) bond motifs is 1. The molecule has 0 spiro atoms. The van der Waals surface area contributed by atoms with Gasteiger partial charge in [0.25, 0.3) is 0 Å². The third kappa shape index (κ3) is 3.18. The molecule has 1 unspecified atom stereocenters. The Bertz CT molecular complexity index is 688. The van der Waals surface area contributed by atoms with Crippen molar-refractivity contribution in [1.82, 2.24) is 10.2 Å². The monoisotopic (exact) mass is 300 g/mol. The minimum absolute atomic E-state index is 0.255. The summed E-state index contributed by atoms with van der Waals surface area (Å²) in [5, 5.41) is 7.16. The molecule has 0 saturated heterocycles. The van der Waals surface area contributed by atoms with Gasteiger partial charge in [0.15, 0.2) is 0 Å². The lowest BCUT2D eigenvalue weighted by Gasteiger charge is -2.22. The van der Waals surface area contributed by atoms with Crippen LogP contribution < -0.4 is 5.32 Å². The first-order valence-electron chi connectivity index (χ1n) is 7.11. The molecule has 0 radical (unpaired) electrons. The highest BCUT2D eigenvalue weighted by Gasteiger charge is 2.16. The van der Waals surface area contributed by atoms with Crippen LogP contribution in [0.2, 0.25) is 0 Å². The quantitative estimate of drug-likeness (QED) is 0.748. The average molecular weight is 300 g/mol. The minimum Gasteiger partial charge on any atom is -0.468 e. The third-order valence-electron chi connectivity index (χ3n) is 3.71. The summed E-state index contributed by atoms with van der Waals surface area (Å²) in [6, 6.07) is 12.8. The van der Waals surface area contributed by atoms with Crippen LogP contribution >= 0.6 is 11.3 Å². The minimum atomic E-state index is 0.255. The van der Waals surface area contributed by atoms with Crippen molar-refractivity contribution >= 4 is 21.4 Å². The van der Waals surface area contributed by atoms with Crippen LogP contribution in [0.4, 0.5) is 0 Å². The zero-order valence-corrected chi connectivity index (χ0v) is 13.2. The van der Waals surface area contributed by atoms with Crippen molar-refractivity contribution in [3.8, 4) is 0 Å². The molecule has 0 saturated carbocycles. The summed E-state index contributed by atoms with van der Waals surface area (Å²) in [6.45, 7) is 1.75. The predicted octanol–water partition coefficient (Wildman–Crippen LogP) is 3.89. The summed E-state index contributed by atoms with van der Waals surface area (Å²) in [6.07, 6.45) is 1.73. The van der Waals surface area contributed by atoms with Gasteiger partial charge in [0.1, 0.15) is 5.76 Å². The maximum absolute atomic E-state index is 5.54. The zero-order chi connectivity index (χ0) is 14.7. The molecule has 3 aromatic rings. The van der Waals surface area contributed by atoms with E-state index in [4.69, 9.17) is 4.42 Å². The van der Waals surface area contributed by atoms with Gasteiger partial charge in [-0.1, -0.05) is 18.2 Å². The molecule has 0 bridgehead atoms. The molecule has 0 amide bonds. The number of benzene rings is 1. The van der Waals surface area contributed by atoms with Crippen molar-refractivity contribution in [2.75, 3.05) is 20.6 Å². The lowest BCUT2D eigenvalue weighted by atomic mass is 10.1. The summed E-state index contributed by atoms with van der Waals surface area (Å²) < 4.78 is 6.89. The predicted molar refractivity (Wildman–Crippen MR) is 88.7 cm³/mol. The van der Waals surface area contributed by atoms with Crippen molar-refractivity contribution < 1.29 is 4.42 Å². The lowest BCUT2D eigenvalue weighted by molar-refractivity contribution is 0.250. The van der Waals surface area contributed by atoms with Crippen LogP contribution in [0.5, 0.6) is 0 Å². The molecule has 2 aromatic heterocycles. The van der Waals surface area contributed by atoms with E-state index in [2.05, 4.69) is 54.0 Å². The van der Waals surface area contributed by atoms with E-state index in [9.17, 15) is 0 Å². The molecule has 0 aliphatic carbocycles. The molecule has 3 rings (SSSR count). The highest BCUT2D eigenvalue weighted by atomic mass is 32.1. The molecule has 1 N–H and O–H groups in total. The molecule has 3 nitrogen and oxygen atoms in total. The zero-order valence-electron chi connectivity index (χ0n) is 12.4. The van der Waals surface area contributed by atoms with E-state index in [1.54, 1.807) is 6.26 Å². The Morgan fingerprint density at radius 1 is 1.19 bits per heavy atom. The molecule has 110 valence electrons. The maximum atomic E-state index is 5.54. The number of hydrogen-bond acceptors (Lipinski definition) is 4. The van der Waals surface area contributed by atoms with E-state index < -0.39 is 0 Å². The first-order valence-corrected chi connectivity index (χ1v) is 7.99. The summed E-state index contributed by atoms with van der Waals surface area (Å²) >= 11 is 1.81. The SMILES string of the molecule is CN(C)C(CNCc1csc2ccccc12)c1ccco1. The number of hydrogen-bond donors (Lipinski definition) is 1. The van der Waals surface area contributed by atoms with Gasteiger partial charge in [0, 0.05) is 17.8 Å². The van der Waals surface area contributed by atoms with Gasteiger partial charge >= 0.3 is 0 Å². The number of thiophene rings is 1. The Kier molecular flexibility index (Phi) is 4.39. The summed E-state index contributed by atoms with van der Waals surface area (Å²) in [5.74, 6) is 1.00. The molecule has 1 atom stereocenters. The number of nitrogens with one attached hydrogen (secondary N) is 1. The molecule has 4 heteroatoms. The second-order valence-electron chi connectivity index (χ2n) is 5.38. The second kappa shape index (κ2) is 6.43. The second-order valence-corrected chi connectivity index (χ2v) is 6.29. The Labute approximate surface area is 129 Å². The molecular formula is C17H20N2OS. The van der Waals surface area contributed by atoms with Gasteiger partial charge in [-0.05, 0) is 48.6 Å². The Morgan fingerprint density at radius 2 is 2.05 bits per heavy atom. The van der Waals surface area contributed by atoms with Crippen molar-refractivity contribution in [1.29, 1.82) is 0 Å². The molecule has 21 heavy (non-hydrogen) atoms. The number of likely N-dealkylation sites (N-methyl/N-ethyl adjacent to an activating group) is 1. The molecule has 0 fully saturated rings. The van der Waals surface area contributed by atoms with Crippen molar-refractivity contribution in [3.63, 3.8) is 0 Å². The largest absolute Gasteiger partial charge is 0.468 e. The average Bonchev–Trinajstić information content (AvgIpc) is 3.13. The fraction of sp³-hybridized carbons (Fsp3) is 0.294. The standard InChI is InChI=1S/C17H20N2OS/c1-19(2)15(16-7-5-9-20-16)11-18-10-13-12-21-17-8-4-3-6-14(13)17/h3-9,12,15,18H,10-11H2,1-2H3. The van der Waals surface area contributed by atoms with Crippen LogP contribution in [-0.4, -0.2) is 25.5 Å². The van der Waals surface area contributed by atoms with Gasteiger partial charge in [-0.3, -0.25) is 4.90 Å². The Hall–Kier alpha value is -1.62. The van der Waals surface area contributed by atoms with Gasteiger partial charge in [-0.2, -0.15) is 0 Å². The summed E-state index contributed by atoms with van der Waals surface area (Å²) in [7, 11) is 4.16.